The number of methoxy groups -OCH3 is 2. The molecule has 0 fully saturated rings. The van der Waals surface area contributed by atoms with Crippen LogP contribution in [0.4, 0.5) is 5.69 Å². The Labute approximate surface area is 135 Å². The van der Waals surface area contributed by atoms with Gasteiger partial charge in [0.25, 0.3) is 5.91 Å². The van der Waals surface area contributed by atoms with Gasteiger partial charge in [-0.05, 0) is 31.2 Å². The SMILES string of the molecule is COc1cc(OC)cc(C(=O)N2CC(C)Oc3ccccc32)c1. The Balaban J connectivity index is 2.00. The molecule has 0 radical (unpaired) electrons. The first-order valence-corrected chi connectivity index (χ1v) is 7.43. The quantitative estimate of drug-likeness (QED) is 0.873. The number of carbonyl (C=O) groups excluding carboxylic acids is 1. The highest BCUT2D eigenvalue weighted by molar-refractivity contribution is 6.07. The number of rotatable bonds is 3. The summed E-state index contributed by atoms with van der Waals surface area (Å²) in [5.74, 6) is 1.78. The highest BCUT2D eigenvalue weighted by Gasteiger charge is 2.28. The first-order valence-electron chi connectivity index (χ1n) is 7.43. The summed E-state index contributed by atoms with van der Waals surface area (Å²) in [6.07, 6.45) is -0.0682. The largest absolute Gasteiger partial charge is 0.497 e. The first kappa shape index (κ1) is 15.2. The molecule has 0 spiro atoms. The van der Waals surface area contributed by atoms with E-state index in [9.17, 15) is 4.79 Å². The second kappa shape index (κ2) is 6.20. The third kappa shape index (κ3) is 2.95. The van der Waals surface area contributed by atoms with Crippen molar-refractivity contribution in [3.05, 3.63) is 48.0 Å². The van der Waals surface area contributed by atoms with Crippen molar-refractivity contribution in [1.82, 2.24) is 0 Å². The Morgan fingerprint density at radius 2 is 1.78 bits per heavy atom. The van der Waals surface area contributed by atoms with E-state index in [1.54, 1.807) is 37.3 Å². The van der Waals surface area contributed by atoms with Crippen molar-refractivity contribution in [3.63, 3.8) is 0 Å². The second-order valence-corrected chi connectivity index (χ2v) is 5.41. The predicted molar refractivity (Wildman–Crippen MR) is 87.8 cm³/mol. The van der Waals surface area contributed by atoms with Crippen molar-refractivity contribution in [2.24, 2.45) is 0 Å². The molecule has 5 nitrogen and oxygen atoms in total. The van der Waals surface area contributed by atoms with Gasteiger partial charge in [-0.2, -0.15) is 0 Å². The van der Waals surface area contributed by atoms with E-state index in [0.29, 0.717) is 23.6 Å². The van der Waals surface area contributed by atoms with Crippen LogP contribution in [0, 0.1) is 0 Å². The molecule has 1 atom stereocenters. The standard InChI is InChI=1S/C18H19NO4/c1-12-11-19(16-6-4-5-7-17(16)23-12)18(20)13-8-14(21-2)10-15(9-13)22-3/h4-10,12H,11H2,1-3H3. The van der Waals surface area contributed by atoms with E-state index in [2.05, 4.69) is 0 Å². The van der Waals surface area contributed by atoms with Crippen LogP contribution in [0.3, 0.4) is 0 Å². The van der Waals surface area contributed by atoms with Gasteiger partial charge in [0.05, 0.1) is 26.5 Å². The van der Waals surface area contributed by atoms with Crippen LogP contribution in [-0.2, 0) is 0 Å². The zero-order chi connectivity index (χ0) is 16.4. The molecule has 2 aromatic carbocycles. The van der Waals surface area contributed by atoms with Gasteiger partial charge >= 0.3 is 0 Å². The zero-order valence-corrected chi connectivity index (χ0v) is 13.4. The van der Waals surface area contributed by atoms with Gasteiger partial charge in [0.2, 0.25) is 0 Å². The Morgan fingerprint density at radius 1 is 1.13 bits per heavy atom. The van der Waals surface area contributed by atoms with Gasteiger partial charge in [-0.15, -0.1) is 0 Å². The number of amides is 1. The number of hydrogen-bond acceptors (Lipinski definition) is 4. The fourth-order valence-corrected chi connectivity index (χ4v) is 2.67. The second-order valence-electron chi connectivity index (χ2n) is 5.41. The molecule has 120 valence electrons. The summed E-state index contributed by atoms with van der Waals surface area (Å²) in [5, 5.41) is 0. The summed E-state index contributed by atoms with van der Waals surface area (Å²) in [7, 11) is 3.13. The average Bonchev–Trinajstić information content (AvgIpc) is 2.59. The lowest BCUT2D eigenvalue weighted by Crippen LogP contribution is -2.42. The molecule has 0 aromatic heterocycles. The van der Waals surface area contributed by atoms with Crippen LogP contribution in [0.2, 0.25) is 0 Å². The number of carbonyl (C=O) groups is 1. The van der Waals surface area contributed by atoms with Crippen molar-refractivity contribution >= 4 is 11.6 Å². The fourth-order valence-electron chi connectivity index (χ4n) is 2.67. The molecule has 1 amide bonds. The highest BCUT2D eigenvalue weighted by atomic mass is 16.5. The van der Waals surface area contributed by atoms with Gasteiger partial charge < -0.3 is 19.1 Å². The monoisotopic (exact) mass is 313 g/mol. The summed E-state index contributed by atoms with van der Waals surface area (Å²) < 4.78 is 16.3. The summed E-state index contributed by atoms with van der Waals surface area (Å²) in [6.45, 7) is 2.44. The maximum atomic E-state index is 13.0. The molecule has 1 heterocycles. The van der Waals surface area contributed by atoms with E-state index >= 15 is 0 Å². The van der Waals surface area contributed by atoms with E-state index < -0.39 is 0 Å². The Kier molecular flexibility index (Phi) is 4.10. The lowest BCUT2D eigenvalue weighted by atomic mass is 10.1. The molecule has 2 aromatic rings. The summed E-state index contributed by atoms with van der Waals surface area (Å²) in [5.41, 5.74) is 1.29. The van der Waals surface area contributed by atoms with Gasteiger partial charge in [-0.25, -0.2) is 0 Å². The summed E-state index contributed by atoms with van der Waals surface area (Å²) >= 11 is 0. The van der Waals surface area contributed by atoms with Crippen molar-refractivity contribution in [1.29, 1.82) is 0 Å². The number of nitrogens with zero attached hydrogens (tertiary/aromatic N) is 1. The smallest absolute Gasteiger partial charge is 0.258 e. The third-order valence-electron chi connectivity index (χ3n) is 3.77. The minimum Gasteiger partial charge on any atom is -0.497 e. The van der Waals surface area contributed by atoms with Gasteiger partial charge in [0.15, 0.2) is 0 Å². The normalized spacial score (nSPS) is 16.3. The fraction of sp³-hybridized carbons (Fsp3) is 0.278. The highest BCUT2D eigenvalue weighted by Crippen LogP contribution is 2.34. The topological polar surface area (TPSA) is 48.0 Å². The van der Waals surface area contributed by atoms with E-state index in [1.165, 1.54) is 0 Å². The van der Waals surface area contributed by atoms with Crippen LogP contribution in [-0.4, -0.2) is 32.8 Å². The van der Waals surface area contributed by atoms with Gasteiger partial charge in [0, 0.05) is 11.6 Å². The molecule has 0 bridgehead atoms. The molecule has 23 heavy (non-hydrogen) atoms. The van der Waals surface area contributed by atoms with Crippen LogP contribution < -0.4 is 19.1 Å². The van der Waals surface area contributed by atoms with E-state index in [-0.39, 0.29) is 12.0 Å². The number of para-hydroxylation sites is 2. The Bertz CT molecular complexity index is 706. The zero-order valence-electron chi connectivity index (χ0n) is 13.4. The van der Waals surface area contributed by atoms with Crippen LogP contribution in [0.1, 0.15) is 17.3 Å². The molecule has 1 unspecified atom stereocenters. The van der Waals surface area contributed by atoms with Gasteiger partial charge in [-0.1, -0.05) is 12.1 Å². The molecular weight excluding hydrogens is 294 g/mol. The number of fused-ring (bicyclic) bond motifs is 1. The maximum Gasteiger partial charge on any atom is 0.258 e. The van der Waals surface area contributed by atoms with Crippen LogP contribution >= 0.6 is 0 Å². The van der Waals surface area contributed by atoms with Crippen molar-refractivity contribution in [2.75, 3.05) is 25.7 Å². The predicted octanol–water partition coefficient (Wildman–Crippen LogP) is 3.13. The maximum absolute atomic E-state index is 13.0. The van der Waals surface area contributed by atoms with Crippen molar-refractivity contribution in [3.8, 4) is 17.2 Å². The lowest BCUT2D eigenvalue weighted by Gasteiger charge is -2.33. The number of anilines is 1. The van der Waals surface area contributed by atoms with Crippen molar-refractivity contribution < 1.29 is 19.0 Å². The molecule has 1 aliphatic heterocycles. The van der Waals surface area contributed by atoms with Gasteiger partial charge in [0.1, 0.15) is 23.4 Å². The lowest BCUT2D eigenvalue weighted by molar-refractivity contribution is 0.0960. The number of ether oxygens (including phenoxy) is 3. The molecule has 0 saturated heterocycles. The molecule has 5 heteroatoms. The van der Waals surface area contributed by atoms with Gasteiger partial charge in [-0.3, -0.25) is 4.79 Å². The van der Waals surface area contributed by atoms with E-state index in [4.69, 9.17) is 14.2 Å². The number of benzene rings is 2. The Morgan fingerprint density at radius 3 is 2.43 bits per heavy atom. The van der Waals surface area contributed by atoms with Crippen molar-refractivity contribution in [2.45, 2.75) is 13.0 Å². The molecule has 0 saturated carbocycles. The number of hydrogen-bond donors (Lipinski definition) is 0. The average molecular weight is 313 g/mol. The third-order valence-corrected chi connectivity index (χ3v) is 3.77. The van der Waals surface area contributed by atoms with Crippen LogP contribution in [0.25, 0.3) is 0 Å². The molecule has 1 aliphatic rings. The molecule has 3 rings (SSSR count). The summed E-state index contributed by atoms with van der Waals surface area (Å²) in [4.78, 5) is 14.7. The van der Waals surface area contributed by atoms with E-state index in [1.807, 2.05) is 31.2 Å². The van der Waals surface area contributed by atoms with Crippen LogP contribution in [0.15, 0.2) is 42.5 Å². The Hall–Kier alpha value is -2.69. The minimum absolute atomic E-state index is 0.0682. The first-order chi connectivity index (χ1) is 11.1. The van der Waals surface area contributed by atoms with E-state index in [0.717, 1.165) is 11.4 Å². The molecular formula is C18H19NO4. The minimum atomic E-state index is -0.107. The molecule has 0 aliphatic carbocycles. The summed E-state index contributed by atoms with van der Waals surface area (Å²) in [6, 6.07) is 12.7. The van der Waals surface area contributed by atoms with Crippen LogP contribution in [0.5, 0.6) is 17.2 Å². The molecule has 0 N–H and O–H groups in total.